The van der Waals surface area contributed by atoms with Gasteiger partial charge in [0.15, 0.2) is 0 Å². The molecule has 0 fully saturated rings. The van der Waals surface area contributed by atoms with Crippen LogP contribution in [-0.2, 0) is 11.2 Å². The lowest BCUT2D eigenvalue weighted by Crippen LogP contribution is -2.18. The number of benzene rings is 1. The molecule has 2 rings (SSSR count). The van der Waals surface area contributed by atoms with Crippen LogP contribution in [0, 0.1) is 0 Å². The highest BCUT2D eigenvalue weighted by atomic mass is 19.4. The summed E-state index contributed by atoms with van der Waals surface area (Å²) >= 11 is 0. The van der Waals surface area contributed by atoms with Gasteiger partial charge in [0.25, 0.3) is 0 Å². The van der Waals surface area contributed by atoms with Gasteiger partial charge in [-0.15, -0.1) is 0 Å². The molecule has 0 bridgehead atoms. The van der Waals surface area contributed by atoms with E-state index in [0.717, 1.165) is 17.5 Å². The van der Waals surface area contributed by atoms with Crippen LogP contribution < -0.4 is 0 Å². The molecule has 0 aromatic heterocycles. The molecule has 1 aromatic carbocycles. The second-order valence-electron chi connectivity index (χ2n) is 3.65. The highest BCUT2D eigenvalue weighted by Gasteiger charge is 2.31. The normalized spacial score (nSPS) is 20.3. The largest absolute Gasteiger partial charge is 0.411 e. The van der Waals surface area contributed by atoms with Crippen LogP contribution in [0.3, 0.4) is 0 Å². The number of ether oxygens (including phenoxy) is 1. The highest BCUT2D eigenvalue weighted by molar-refractivity contribution is 5.33. The van der Waals surface area contributed by atoms with Crippen molar-refractivity contribution in [2.24, 2.45) is 0 Å². The van der Waals surface area contributed by atoms with Crippen LogP contribution in [0.5, 0.6) is 0 Å². The van der Waals surface area contributed by atoms with Gasteiger partial charge in [0.1, 0.15) is 6.61 Å². The van der Waals surface area contributed by atoms with Gasteiger partial charge in [0.05, 0.1) is 6.10 Å². The van der Waals surface area contributed by atoms with Gasteiger partial charge >= 0.3 is 6.18 Å². The predicted octanol–water partition coefficient (Wildman–Crippen LogP) is 3.25. The first kappa shape index (κ1) is 10.5. The first-order chi connectivity index (χ1) is 7.06. The van der Waals surface area contributed by atoms with E-state index in [-0.39, 0.29) is 6.10 Å². The lowest BCUT2D eigenvalue weighted by Gasteiger charge is -2.14. The van der Waals surface area contributed by atoms with Crippen molar-refractivity contribution in [3.05, 3.63) is 35.4 Å². The molecular weight excluding hydrogens is 205 g/mol. The lowest BCUT2D eigenvalue weighted by atomic mass is 10.1. The fourth-order valence-electron chi connectivity index (χ4n) is 1.89. The fourth-order valence-corrected chi connectivity index (χ4v) is 1.89. The molecule has 1 unspecified atom stereocenters. The SMILES string of the molecule is FC(F)(F)COC1CCc2ccccc21. The number of hydrogen-bond donors (Lipinski definition) is 0. The van der Waals surface area contributed by atoms with Crippen molar-refractivity contribution in [2.75, 3.05) is 6.61 Å². The quantitative estimate of drug-likeness (QED) is 0.737. The first-order valence-electron chi connectivity index (χ1n) is 4.82. The van der Waals surface area contributed by atoms with Gasteiger partial charge in [-0.25, -0.2) is 0 Å². The minimum absolute atomic E-state index is 0.386. The summed E-state index contributed by atoms with van der Waals surface area (Å²) in [6.07, 6.45) is -3.17. The van der Waals surface area contributed by atoms with Gasteiger partial charge < -0.3 is 4.74 Å². The third-order valence-electron chi connectivity index (χ3n) is 2.53. The van der Waals surface area contributed by atoms with Crippen molar-refractivity contribution >= 4 is 0 Å². The number of rotatable bonds is 2. The van der Waals surface area contributed by atoms with Gasteiger partial charge in [0, 0.05) is 0 Å². The molecule has 15 heavy (non-hydrogen) atoms. The molecule has 4 heteroatoms. The minimum Gasteiger partial charge on any atom is -0.364 e. The van der Waals surface area contributed by atoms with Crippen LogP contribution in [0.1, 0.15) is 23.7 Å². The monoisotopic (exact) mass is 216 g/mol. The van der Waals surface area contributed by atoms with E-state index in [0.29, 0.717) is 6.42 Å². The maximum atomic E-state index is 12.0. The van der Waals surface area contributed by atoms with E-state index in [1.54, 1.807) is 0 Å². The first-order valence-corrected chi connectivity index (χ1v) is 4.82. The molecule has 0 spiro atoms. The Morgan fingerprint density at radius 1 is 1.27 bits per heavy atom. The van der Waals surface area contributed by atoms with E-state index in [1.807, 2.05) is 24.3 Å². The summed E-state index contributed by atoms with van der Waals surface area (Å²) in [5.41, 5.74) is 2.01. The Labute approximate surface area is 85.9 Å². The molecule has 0 heterocycles. The van der Waals surface area contributed by atoms with Crippen LogP contribution >= 0.6 is 0 Å². The van der Waals surface area contributed by atoms with Gasteiger partial charge in [-0.3, -0.25) is 0 Å². The number of halogens is 3. The van der Waals surface area contributed by atoms with Crippen LogP contribution in [-0.4, -0.2) is 12.8 Å². The van der Waals surface area contributed by atoms with Crippen molar-refractivity contribution < 1.29 is 17.9 Å². The summed E-state index contributed by atoms with van der Waals surface area (Å²) < 4.78 is 40.7. The van der Waals surface area contributed by atoms with Crippen LogP contribution in [0.25, 0.3) is 0 Å². The number of alkyl halides is 3. The van der Waals surface area contributed by atoms with E-state index in [2.05, 4.69) is 0 Å². The zero-order valence-corrected chi connectivity index (χ0v) is 8.05. The molecule has 0 aliphatic heterocycles. The zero-order chi connectivity index (χ0) is 10.9. The minimum atomic E-state index is -4.24. The van der Waals surface area contributed by atoms with Crippen molar-refractivity contribution in [3.63, 3.8) is 0 Å². The maximum Gasteiger partial charge on any atom is 0.411 e. The molecule has 0 saturated heterocycles. The van der Waals surface area contributed by atoms with Crippen molar-refractivity contribution in [3.8, 4) is 0 Å². The van der Waals surface area contributed by atoms with E-state index in [4.69, 9.17) is 4.74 Å². The summed E-state index contributed by atoms with van der Waals surface area (Å²) in [7, 11) is 0. The topological polar surface area (TPSA) is 9.23 Å². The molecule has 1 aliphatic carbocycles. The Morgan fingerprint density at radius 3 is 2.73 bits per heavy atom. The molecule has 0 amide bonds. The molecule has 0 radical (unpaired) electrons. The molecule has 1 atom stereocenters. The Balaban J connectivity index is 2.02. The highest BCUT2D eigenvalue weighted by Crippen LogP contribution is 2.34. The van der Waals surface area contributed by atoms with E-state index in [1.165, 1.54) is 0 Å². The maximum absolute atomic E-state index is 12.0. The van der Waals surface area contributed by atoms with Crippen LogP contribution in [0.4, 0.5) is 13.2 Å². The van der Waals surface area contributed by atoms with Gasteiger partial charge in [-0.2, -0.15) is 13.2 Å². The molecule has 0 saturated carbocycles. The standard InChI is InChI=1S/C11H11F3O/c12-11(13,14)7-15-10-6-5-8-3-1-2-4-9(8)10/h1-4,10H,5-7H2. The third kappa shape index (κ3) is 2.50. The Morgan fingerprint density at radius 2 is 2.00 bits per heavy atom. The van der Waals surface area contributed by atoms with Gasteiger partial charge in [-0.1, -0.05) is 24.3 Å². The van der Waals surface area contributed by atoms with E-state index in [9.17, 15) is 13.2 Å². The van der Waals surface area contributed by atoms with E-state index >= 15 is 0 Å². The summed E-state index contributed by atoms with van der Waals surface area (Å²) in [6.45, 7) is -1.16. The second kappa shape index (κ2) is 3.85. The summed E-state index contributed by atoms with van der Waals surface area (Å²) in [5.74, 6) is 0. The van der Waals surface area contributed by atoms with Crippen LogP contribution in [0.15, 0.2) is 24.3 Å². The van der Waals surface area contributed by atoms with Crippen molar-refractivity contribution in [2.45, 2.75) is 25.1 Å². The summed E-state index contributed by atoms with van der Waals surface area (Å²) in [6, 6.07) is 7.49. The van der Waals surface area contributed by atoms with Crippen molar-refractivity contribution in [1.82, 2.24) is 0 Å². The summed E-state index contributed by atoms with van der Waals surface area (Å²) in [5, 5.41) is 0. The number of hydrogen-bond acceptors (Lipinski definition) is 1. The fraction of sp³-hybridized carbons (Fsp3) is 0.455. The Bertz CT molecular complexity index is 346. The summed E-state index contributed by atoms with van der Waals surface area (Å²) in [4.78, 5) is 0. The number of fused-ring (bicyclic) bond motifs is 1. The molecule has 82 valence electrons. The average Bonchev–Trinajstić information content (AvgIpc) is 2.57. The van der Waals surface area contributed by atoms with Gasteiger partial charge in [0.2, 0.25) is 0 Å². The molecule has 1 aliphatic rings. The molecule has 1 nitrogen and oxygen atoms in total. The predicted molar refractivity (Wildman–Crippen MR) is 49.5 cm³/mol. The van der Waals surface area contributed by atoms with Gasteiger partial charge in [-0.05, 0) is 24.0 Å². The smallest absolute Gasteiger partial charge is 0.364 e. The number of aryl methyl sites for hydroxylation is 1. The van der Waals surface area contributed by atoms with Crippen LogP contribution in [0.2, 0.25) is 0 Å². The molecular formula is C11H11F3O. The molecule has 0 N–H and O–H groups in total. The van der Waals surface area contributed by atoms with Crippen molar-refractivity contribution in [1.29, 1.82) is 0 Å². The second-order valence-corrected chi connectivity index (χ2v) is 3.65. The van der Waals surface area contributed by atoms with E-state index < -0.39 is 12.8 Å². The lowest BCUT2D eigenvalue weighted by molar-refractivity contribution is -0.185. The third-order valence-corrected chi connectivity index (χ3v) is 2.53. The average molecular weight is 216 g/mol. The Hall–Kier alpha value is -1.03. The Kier molecular flexibility index (Phi) is 2.69. The molecule has 1 aromatic rings. The zero-order valence-electron chi connectivity index (χ0n) is 8.05.